The van der Waals surface area contributed by atoms with Gasteiger partial charge in [-0.2, -0.15) is 0 Å². The number of H-pyrrole nitrogens is 1. The van der Waals surface area contributed by atoms with Gasteiger partial charge >= 0.3 is 5.97 Å². The van der Waals surface area contributed by atoms with Crippen LogP contribution in [0.5, 0.6) is 0 Å². The lowest BCUT2D eigenvalue weighted by Gasteiger charge is -2.10. The van der Waals surface area contributed by atoms with Crippen molar-refractivity contribution < 1.29 is 18.3 Å². The smallest absolute Gasteiger partial charge is 0.354 e. The van der Waals surface area contributed by atoms with E-state index in [0.29, 0.717) is 15.7 Å². The molecule has 0 saturated heterocycles. The van der Waals surface area contributed by atoms with Crippen LogP contribution in [0.3, 0.4) is 0 Å². The Morgan fingerprint density at radius 3 is 2.57 bits per heavy atom. The van der Waals surface area contributed by atoms with Crippen molar-refractivity contribution >= 4 is 37.6 Å². The van der Waals surface area contributed by atoms with E-state index in [9.17, 15) is 13.2 Å². The number of carboxylic acid groups (broad SMARTS) is 1. The number of carbonyl (C=O) groups is 1. The Balaban J connectivity index is 2.47. The Morgan fingerprint density at radius 2 is 1.95 bits per heavy atom. The molecule has 0 fully saturated rings. The van der Waals surface area contributed by atoms with Crippen molar-refractivity contribution in [2.45, 2.75) is 18.7 Å². The molecular weight excluding hydrogens is 360 g/mol. The fraction of sp³-hybridized carbons (Fsp3) is 0.154. The highest BCUT2D eigenvalue weighted by Gasteiger charge is 2.22. The minimum absolute atomic E-state index is 0.0133. The molecule has 1 aromatic carbocycles. The first-order valence-corrected chi connectivity index (χ1v) is 8.20. The number of aromatic carboxylic acids is 1. The maximum atomic E-state index is 12.4. The molecule has 0 radical (unpaired) electrons. The third-order valence-electron chi connectivity index (χ3n) is 2.85. The van der Waals surface area contributed by atoms with Crippen LogP contribution >= 0.6 is 15.9 Å². The fourth-order valence-electron chi connectivity index (χ4n) is 1.90. The SMILES string of the molecule is Cc1cc(NS(=O)(=O)c2cc(Br)ccc2C)c(C(=O)O)[nH]1. The van der Waals surface area contributed by atoms with Crippen LogP contribution in [0.2, 0.25) is 0 Å². The number of halogens is 1. The molecule has 0 spiro atoms. The van der Waals surface area contributed by atoms with Crippen molar-refractivity contribution in [3.05, 3.63) is 45.7 Å². The quantitative estimate of drug-likeness (QED) is 0.767. The lowest BCUT2D eigenvalue weighted by Crippen LogP contribution is -2.16. The predicted molar refractivity (Wildman–Crippen MR) is 82.2 cm³/mol. The zero-order chi connectivity index (χ0) is 15.8. The number of benzene rings is 1. The van der Waals surface area contributed by atoms with E-state index in [-0.39, 0.29) is 16.3 Å². The Labute approximate surface area is 130 Å². The molecule has 112 valence electrons. The molecule has 2 rings (SSSR count). The summed E-state index contributed by atoms with van der Waals surface area (Å²) in [5, 5.41) is 9.07. The number of anilines is 1. The molecule has 0 aliphatic carbocycles. The fourth-order valence-corrected chi connectivity index (χ4v) is 3.75. The Morgan fingerprint density at radius 1 is 1.29 bits per heavy atom. The van der Waals surface area contributed by atoms with Crippen LogP contribution in [0.25, 0.3) is 0 Å². The summed E-state index contributed by atoms with van der Waals surface area (Å²) in [5.74, 6) is -1.23. The predicted octanol–water partition coefficient (Wildman–Crippen LogP) is 2.89. The van der Waals surface area contributed by atoms with Crippen molar-refractivity contribution in [2.24, 2.45) is 0 Å². The zero-order valence-corrected chi connectivity index (χ0v) is 13.7. The van der Waals surface area contributed by atoms with E-state index >= 15 is 0 Å². The van der Waals surface area contributed by atoms with E-state index in [1.54, 1.807) is 26.0 Å². The summed E-state index contributed by atoms with van der Waals surface area (Å²) >= 11 is 3.22. The Hall–Kier alpha value is -1.80. The van der Waals surface area contributed by atoms with Gasteiger partial charge in [0.05, 0.1) is 10.6 Å². The third-order valence-corrected chi connectivity index (χ3v) is 4.85. The van der Waals surface area contributed by atoms with Crippen molar-refractivity contribution in [3.8, 4) is 0 Å². The van der Waals surface area contributed by atoms with Crippen molar-refractivity contribution in [1.29, 1.82) is 0 Å². The van der Waals surface area contributed by atoms with Gasteiger partial charge < -0.3 is 10.1 Å². The second kappa shape index (κ2) is 5.53. The number of nitrogens with one attached hydrogen (secondary N) is 2. The average Bonchev–Trinajstić information content (AvgIpc) is 2.72. The van der Waals surface area contributed by atoms with Crippen molar-refractivity contribution in [3.63, 3.8) is 0 Å². The van der Waals surface area contributed by atoms with Gasteiger partial charge in [-0.1, -0.05) is 22.0 Å². The minimum Gasteiger partial charge on any atom is -0.477 e. The molecule has 0 saturated carbocycles. The summed E-state index contributed by atoms with van der Waals surface area (Å²) in [6.07, 6.45) is 0. The largest absolute Gasteiger partial charge is 0.477 e. The molecule has 3 N–H and O–H groups in total. The molecule has 2 aromatic rings. The van der Waals surface area contributed by atoms with Crippen LogP contribution in [0.15, 0.2) is 33.6 Å². The number of aromatic amines is 1. The summed E-state index contributed by atoms with van der Waals surface area (Å²) in [4.78, 5) is 13.8. The van der Waals surface area contributed by atoms with E-state index in [1.807, 2.05) is 0 Å². The standard InChI is InChI=1S/C13H13BrN2O4S/c1-7-3-4-9(14)6-11(7)21(19,20)16-10-5-8(2)15-12(10)13(17)18/h3-6,15-16H,1-2H3,(H,17,18). The molecule has 6 nitrogen and oxygen atoms in total. The van der Waals surface area contributed by atoms with E-state index in [0.717, 1.165) is 0 Å². The molecule has 0 amide bonds. The summed E-state index contributed by atoms with van der Waals surface area (Å²) in [5.41, 5.74) is 0.939. The van der Waals surface area contributed by atoms with Crippen molar-refractivity contribution in [2.75, 3.05) is 4.72 Å². The maximum absolute atomic E-state index is 12.4. The number of hydrogen-bond donors (Lipinski definition) is 3. The van der Waals surface area contributed by atoms with Crippen LogP contribution in [0.4, 0.5) is 5.69 Å². The van der Waals surface area contributed by atoms with Gasteiger partial charge in [0, 0.05) is 10.2 Å². The van der Waals surface area contributed by atoms with Crippen LogP contribution in [0.1, 0.15) is 21.7 Å². The number of aromatic nitrogens is 1. The van der Waals surface area contributed by atoms with Crippen LogP contribution < -0.4 is 4.72 Å². The Kier molecular flexibility index (Phi) is 4.11. The van der Waals surface area contributed by atoms with E-state index in [4.69, 9.17) is 5.11 Å². The molecule has 1 aromatic heterocycles. The Bertz CT molecular complexity index is 812. The monoisotopic (exact) mass is 372 g/mol. The molecule has 0 aliphatic heterocycles. The van der Waals surface area contributed by atoms with E-state index in [1.165, 1.54) is 12.1 Å². The molecule has 0 unspecified atom stereocenters. The van der Waals surface area contributed by atoms with E-state index in [2.05, 4.69) is 25.6 Å². The normalized spacial score (nSPS) is 11.4. The molecule has 0 aliphatic rings. The first-order chi connectivity index (χ1) is 9.70. The minimum atomic E-state index is -3.87. The highest BCUT2D eigenvalue weighted by Crippen LogP contribution is 2.25. The van der Waals surface area contributed by atoms with Gasteiger partial charge in [-0.15, -0.1) is 0 Å². The summed E-state index contributed by atoms with van der Waals surface area (Å²) in [6.45, 7) is 3.32. The number of rotatable bonds is 4. The van der Waals surface area contributed by atoms with E-state index < -0.39 is 16.0 Å². The zero-order valence-electron chi connectivity index (χ0n) is 11.3. The summed E-state index contributed by atoms with van der Waals surface area (Å²) in [6, 6.07) is 6.31. The van der Waals surface area contributed by atoms with Gasteiger partial charge in [-0.3, -0.25) is 4.72 Å². The molecule has 1 heterocycles. The van der Waals surface area contributed by atoms with Gasteiger partial charge in [-0.25, -0.2) is 13.2 Å². The highest BCUT2D eigenvalue weighted by molar-refractivity contribution is 9.10. The third kappa shape index (κ3) is 3.27. The van der Waals surface area contributed by atoms with Gasteiger partial charge in [0.2, 0.25) is 0 Å². The molecule has 8 heteroatoms. The van der Waals surface area contributed by atoms with Crippen LogP contribution in [0, 0.1) is 13.8 Å². The lowest BCUT2D eigenvalue weighted by molar-refractivity contribution is 0.0692. The van der Waals surface area contributed by atoms with Gasteiger partial charge in [0.15, 0.2) is 0 Å². The summed E-state index contributed by atoms with van der Waals surface area (Å²) in [7, 11) is -3.87. The average molecular weight is 373 g/mol. The maximum Gasteiger partial charge on any atom is 0.354 e. The second-order valence-corrected chi connectivity index (χ2v) is 7.13. The van der Waals surface area contributed by atoms with Crippen molar-refractivity contribution in [1.82, 2.24) is 4.98 Å². The van der Waals surface area contributed by atoms with Gasteiger partial charge in [0.25, 0.3) is 10.0 Å². The molecular formula is C13H13BrN2O4S. The van der Waals surface area contributed by atoms with Crippen LogP contribution in [-0.4, -0.2) is 24.5 Å². The first kappa shape index (κ1) is 15.6. The highest BCUT2D eigenvalue weighted by atomic mass is 79.9. The number of sulfonamides is 1. The first-order valence-electron chi connectivity index (χ1n) is 5.92. The van der Waals surface area contributed by atoms with Crippen LogP contribution in [-0.2, 0) is 10.0 Å². The second-order valence-electron chi connectivity index (χ2n) is 4.56. The number of hydrogen-bond acceptors (Lipinski definition) is 3. The topological polar surface area (TPSA) is 99.3 Å². The summed E-state index contributed by atoms with van der Waals surface area (Å²) < 4.78 is 27.8. The molecule has 0 atom stereocenters. The molecule has 21 heavy (non-hydrogen) atoms. The van der Waals surface area contributed by atoms with Gasteiger partial charge in [-0.05, 0) is 37.6 Å². The number of carboxylic acids is 1. The molecule has 0 bridgehead atoms. The lowest BCUT2D eigenvalue weighted by atomic mass is 10.2. The number of aryl methyl sites for hydroxylation is 2. The van der Waals surface area contributed by atoms with Gasteiger partial charge in [0.1, 0.15) is 5.69 Å².